The summed E-state index contributed by atoms with van der Waals surface area (Å²) < 4.78 is 6.58. The minimum atomic E-state index is -0.428. The van der Waals surface area contributed by atoms with Gasteiger partial charge in [-0.25, -0.2) is 9.78 Å². The highest BCUT2D eigenvalue weighted by Gasteiger charge is 2.17. The van der Waals surface area contributed by atoms with E-state index in [4.69, 9.17) is 9.73 Å². The Labute approximate surface area is 165 Å². The molecule has 0 saturated heterocycles. The van der Waals surface area contributed by atoms with Crippen molar-refractivity contribution in [3.05, 3.63) is 58.5 Å². The molecule has 0 atom stereocenters. The molecule has 0 aliphatic heterocycles. The van der Waals surface area contributed by atoms with Crippen LogP contribution in [-0.4, -0.2) is 34.1 Å². The Bertz CT molecular complexity index is 940. The third-order valence-corrected chi connectivity index (χ3v) is 5.00. The molecule has 0 unspecified atom stereocenters. The van der Waals surface area contributed by atoms with Gasteiger partial charge in [0.05, 0.1) is 23.9 Å². The summed E-state index contributed by atoms with van der Waals surface area (Å²) in [6.07, 6.45) is 7.50. The molecule has 2 heterocycles. The number of aromatic nitrogens is 2. The van der Waals surface area contributed by atoms with Gasteiger partial charge in [0.15, 0.2) is 0 Å². The van der Waals surface area contributed by atoms with Gasteiger partial charge < -0.3 is 4.74 Å². The van der Waals surface area contributed by atoms with E-state index >= 15 is 0 Å². The van der Waals surface area contributed by atoms with Crippen LogP contribution in [-0.2, 0) is 4.74 Å². The van der Waals surface area contributed by atoms with Gasteiger partial charge in [0.2, 0.25) is 0 Å². The van der Waals surface area contributed by atoms with Gasteiger partial charge in [0.25, 0.3) is 5.91 Å². The van der Waals surface area contributed by atoms with E-state index < -0.39 is 5.97 Å². The Morgan fingerprint density at radius 2 is 1.93 bits per heavy atom. The summed E-state index contributed by atoms with van der Waals surface area (Å²) >= 11 is 0. The van der Waals surface area contributed by atoms with E-state index in [0.29, 0.717) is 23.4 Å². The maximum absolute atomic E-state index is 13.1. The predicted octanol–water partition coefficient (Wildman–Crippen LogP) is 3.60. The molecule has 0 bridgehead atoms. The average Bonchev–Trinajstić information content (AvgIpc) is 2.68. The van der Waals surface area contributed by atoms with Gasteiger partial charge in [-0.05, 0) is 63.4 Å². The molecule has 6 nitrogen and oxygen atoms in total. The third-order valence-electron chi connectivity index (χ3n) is 5.00. The lowest BCUT2D eigenvalue weighted by molar-refractivity contribution is 0.0524. The highest BCUT2D eigenvalue weighted by atomic mass is 16.5. The molecule has 28 heavy (non-hydrogen) atoms. The summed E-state index contributed by atoms with van der Waals surface area (Å²) in [6.45, 7) is 5.75. The maximum Gasteiger partial charge on any atom is 0.339 e. The van der Waals surface area contributed by atoms with E-state index in [-0.39, 0.29) is 17.6 Å². The highest BCUT2D eigenvalue weighted by Crippen LogP contribution is 2.19. The molecule has 0 aromatic carbocycles. The maximum atomic E-state index is 13.1. The first-order valence-corrected chi connectivity index (χ1v) is 9.92. The number of ether oxygens (including phenoxy) is 1. The van der Waals surface area contributed by atoms with Crippen LogP contribution in [0.3, 0.4) is 0 Å². The first-order chi connectivity index (χ1) is 13.5. The summed E-state index contributed by atoms with van der Waals surface area (Å²) in [4.78, 5) is 34.3. The molecule has 2 aromatic rings. The van der Waals surface area contributed by atoms with E-state index in [9.17, 15) is 9.59 Å². The van der Waals surface area contributed by atoms with Crippen LogP contribution < -0.4 is 5.49 Å². The first kappa shape index (κ1) is 20.0. The number of pyridine rings is 2. The molecule has 0 radical (unpaired) electrons. The summed E-state index contributed by atoms with van der Waals surface area (Å²) in [5.74, 6) is -0.685. The second-order valence-electron chi connectivity index (χ2n) is 7.21. The standard InChI is InChI=1S/C22H27N3O3/c1-4-28-22(27)18-10-11-19(23-16(18)3)21(26)25-13-12-15(2)14-20(25)24-17-8-6-5-7-9-17/h10-14,17H,4-9H2,1-3H3. The second-order valence-corrected chi connectivity index (χ2v) is 7.21. The van der Waals surface area contributed by atoms with Crippen LogP contribution in [0.2, 0.25) is 0 Å². The molecule has 6 heteroatoms. The van der Waals surface area contributed by atoms with Crippen molar-refractivity contribution in [2.45, 2.75) is 58.9 Å². The molecule has 148 valence electrons. The van der Waals surface area contributed by atoms with E-state index in [1.807, 2.05) is 19.1 Å². The van der Waals surface area contributed by atoms with Gasteiger partial charge in [-0.1, -0.05) is 19.3 Å². The van der Waals surface area contributed by atoms with Crippen molar-refractivity contribution in [1.82, 2.24) is 9.55 Å². The van der Waals surface area contributed by atoms with E-state index in [0.717, 1.165) is 18.4 Å². The fourth-order valence-corrected chi connectivity index (χ4v) is 3.49. The summed E-state index contributed by atoms with van der Waals surface area (Å²) in [7, 11) is 0. The number of rotatable bonds is 4. The average molecular weight is 381 g/mol. The summed E-state index contributed by atoms with van der Waals surface area (Å²) in [5.41, 5.74) is 2.84. The molecule has 1 aliphatic carbocycles. The lowest BCUT2D eigenvalue weighted by Gasteiger charge is -2.18. The van der Waals surface area contributed by atoms with Gasteiger partial charge >= 0.3 is 5.97 Å². The van der Waals surface area contributed by atoms with Crippen LogP contribution in [0, 0.1) is 13.8 Å². The van der Waals surface area contributed by atoms with Crippen LogP contribution in [0.15, 0.2) is 35.5 Å². The quantitative estimate of drug-likeness (QED) is 0.759. The van der Waals surface area contributed by atoms with Gasteiger partial charge in [-0.2, -0.15) is 0 Å². The molecular formula is C22H27N3O3. The molecule has 0 amide bonds. The van der Waals surface area contributed by atoms with Crippen molar-refractivity contribution in [3.8, 4) is 0 Å². The predicted molar refractivity (Wildman–Crippen MR) is 106 cm³/mol. The van der Waals surface area contributed by atoms with Gasteiger partial charge in [0, 0.05) is 6.20 Å². The van der Waals surface area contributed by atoms with Crippen molar-refractivity contribution in [2.75, 3.05) is 6.61 Å². The monoisotopic (exact) mass is 381 g/mol. The largest absolute Gasteiger partial charge is 0.462 e. The molecule has 2 aromatic heterocycles. The number of hydrogen-bond acceptors (Lipinski definition) is 5. The Morgan fingerprint density at radius 3 is 2.61 bits per heavy atom. The lowest BCUT2D eigenvalue weighted by Crippen LogP contribution is -2.30. The van der Waals surface area contributed by atoms with E-state index in [1.54, 1.807) is 36.7 Å². The zero-order valence-corrected chi connectivity index (χ0v) is 16.8. The van der Waals surface area contributed by atoms with Crippen LogP contribution in [0.5, 0.6) is 0 Å². The Kier molecular flexibility index (Phi) is 6.39. The van der Waals surface area contributed by atoms with Crippen molar-refractivity contribution in [1.29, 1.82) is 0 Å². The zero-order valence-electron chi connectivity index (χ0n) is 16.8. The fraction of sp³-hybridized carbons (Fsp3) is 0.455. The molecule has 1 saturated carbocycles. The Morgan fingerprint density at radius 1 is 1.18 bits per heavy atom. The first-order valence-electron chi connectivity index (χ1n) is 9.92. The normalized spacial score (nSPS) is 15.5. The molecule has 0 N–H and O–H groups in total. The lowest BCUT2D eigenvalue weighted by atomic mass is 9.96. The van der Waals surface area contributed by atoms with E-state index in [1.165, 1.54) is 19.3 Å². The van der Waals surface area contributed by atoms with Gasteiger partial charge in [0.1, 0.15) is 11.2 Å². The van der Waals surface area contributed by atoms with Gasteiger partial charge in [-0.3, -0.25) is 14.4 Å². The van der Waals surface area contributed by atoms with Crippen molar-refractivity contribution < 1.29 is 14.3 Å². The van der Waals surface area contributed by atoms with Crippen LogP contribution in [0.1, 0.15) is 71.1 Å². The second kappa shape index (κ2) is 8.95. The number of carbonyl (C=O) groups is 2. The molecule has 3 rings (SSSR count). The summed E-state index contributed by atoms with van der Waals surface area (Å²) in [6, 6.07) is 7.25. The highest BCUT2D eigenvalue weighted by molar-refractivity contribution is 5.96. The fourth-order valence-electron chi connectivity index (χ4n) is 3.49. The number of esters is 1. The molecule has 0 spiro atoms. The zero-order chi connectivity index (χ0) is 20.1. The third kappa shape index (κ3) is 4.55. The van der Waals surface area contributed by atoms with Crippen LogP contribution in [0.4, 0.5) is 0 Å². The smallest absolute Gasteiger partial charge is 0.339 e. The topological polar surface area (TPSA) is 73.6 Å². The SMILES string of the molecule is CCOC(=O)c1ccc(C(=O)n2ccc(C)cc2=NC2CCCCC2)nc1C. The Balaban J connectivity index is 1.95. The van der Waals surface area contributed by atoms with Crippen molar-refractivity contribution in [3.63, 3.8) is 0 Å². The van der Waals surface area contributed by atoms with Crippen LogP contribution in [0.25, 0.3) is 0 Å². The number of hydrogen-bond donors (Lipinski definition) is 0. The molecule has 1 fully saturated rings. The number of carbonyl (C=O) groups excluding carboxylic acids is 2. The molecule has 1 aliphatic rings. The number of nitrogens with zero attached hydrogens (tertiary/aromatic N) is 3. The summed E-state index contributed by atoms with van der Waals surface area (Å²) in [5, 5.41) is 0. The minimum Gasteiger partial charge on any atom is -0.462 e. The Hall–Kier alpha value is -2.76. The molecular weight excluding hydrogens is 354 g/mol. The minimum absolute atomic E-state index is 0.256. The van der Waals surface area contributed by atoms with Crippen molar-refractivity contribution in [2.24, 2.45) is 4.99 Å². The van der Waals surface area contributed by atoms with E-state index in [2.05, 4.69) is 4.98 Å². The number of aryl methyl sites for hydroxylation is 2. The van der Waals surface area contributed by atoms with Crippen LogP contribution >= 0.6 is 0 Å². The van der Waals surface area contributed by atoms with Gasteiger partial charge in [-0.15, -0.1) is 0 Å². The van der Waals surface area contributed by atoms with Crippen molar-refractivity contribution >= 4 is 11.9 Å².